The molecule has 4 aliphatic heterocycles. The van der Waals surface area contributed by atoms with Crippen molar-refractivity contribution in [3.8, 4) is 28.7 Å². The van der Waals surface area contributed by atoms with Crippen LogP contribution in [0.1, 0.15) is 0 Å². The molecule has 4 aliphatic rings. The van der Waals surface area contributed by atoms with Crippen LogP contribution in [0, 0.1) is 0 Å². The zero-order chi connectivity index (χ0) is 48.4. The van der Waals surface area contributed by atoms with Crippen LogP contribution in [0.2, 0.25) is 0 Å². The van der Waals surface area contributed by atoms with Gasteiger partial charge in [-0.25, -0.2) is 0 Å². The van der Waals surface area contributed by atoms with Crippen molar-refractivity contribution in [1.82, 2.24) is 4.57 Å². The fourth-order valence-corrected chi connectivity index (χ4v) is 12.6. The summed E-state index contributed by atoms with van der Waals surface area (Å²) in [5.41, 5.74) is 20.2. The van der Waals surface area contributed by atoms with Gasteiger partial charge in [0, 0.05) is 85.5 Å². The van der Waals surface area contributed by atoms with Crippen LogP contribution >= 0.6 is 0 Å². The molecule has 0 radical (unpaired) electrons. The fraction of sp³-hybridized carbons (Fsp3) is 0. The molecule has 1 aromatic heterocycles. The number of hydrogen-bond acceptors (Lipinski definition) is 5. The molecule has 74 heavy (non-hydrogen) atoms. The van der Waals surface area contributed by atoms with E-state index in [9.17, 15) is 0 Å². The van der Waals surface area contributed by atoms with Crippen LogP contribution in [0.5, 0.6) is 23.0 Å². The number of para-hydroxylation sites is 8. The molecule has 0 atom stereocenters. The van der Waals surface area contributed by atoms with Crippen LogP contribution in [0.25, 0.3) is 27.5 Å². The molecule has 0 spiro atoms. The molecule has 8 heteroatoms. The van der Waals surface area contributed by atoms with Crippen LogP contribution < -0.4 is 57.0 Å². The van der Waals surface area contributed by atoms with E-state index in [0.29, 0.717) is 0 Å². The SMILES string of the molecule is c1ccc(N(c2ccccc2)c2cc3c4c(c2)Oc2cc5c(cc2B4c2ccccc2O3)B2c3c(cc(N(c4ccccc4)c4ccccc4)cc3-n3c4ccccc4c4cccc2c43)N5c2ccccc2)cc1. The topological polar surface area (TPSA) is 33.1 Å². The van der Waals surface area contributed by atoms with E-state index in [4.69, 9.17) is 9.47 Å². The van der Waals surface area contributed by atoms with E-state index >= 15 is 0 Å². The van der Waals surface area contributed by atoms with E-state index in [1.54, 1.807) is 0 Å². The highest BCUT2D eigenvalue weighted by atomic mass is 16.5. The first-order chi connectivity index (χ1) is 36.7. The minimum atomic E-state index is -0.153. The van der Waals surface area contributed by atoms with Gasteiger partial charge in [-0.3, -0.25) is 0 Å². The number of ether oxygens (including phenoxy) is 2. The molecule has 16 rings (SSSR count). The Balaban J connectivity index is 0.985. The summed E-state index contributed by atoms with van der Waals surface area (Å²) in [5, 5.41) is 2.49. The lowest BCUT2D eigenvalue weighted by Crippen LogP contribution is -2.63. The van der Waals surface area contributed by atoms with Gasteiger partial charge in [0.1, 0.15) is 23.0 Å². The third-order valence-corrected chi connectivity index (χ3v) is 15.6. The lowest BCUT2D eigenvalue weighted by Gasteiger charge is -2.42. The summed E-state index contributed by atoms with van der Waals surface area (Å²) in [6.45, 7) is -0.264. The minimum absolute atomic E-state index is 0.111. The maximum absolute atomic E-state index is 7.43. The summed E-state index contributed by atoms with van der Waals surface area (Å²) in [6, 6.07) is 91.9. The quantitative estimate of drug-likeness (QED) is 0.149. The molecule has 0 N–H and O–H groups in total. The van der Waals surface area contributed by atoms with Gasteiger partial charge in [-0.1, -0.05) is 152 Å². The summed E-state index contributed by atoms with van der Waals surface area (Å²) in [7, 11) is 0. The zero-order valence-corrected chi connectivity index (χ0v) is 40.0. The van der Waals surface area contributed by atoms with Gasteiger partial charge in [0.05, 0.1) is 16.9 Å². The molecule has 5 heterocycles. The Bertz CT molecular complexity index is 4150. The Morgan fingerprint density at radius 2 is 0.811 bits per heavy atom. The Kier molecular flexibility index (Phi) is 8.83. The Morgan fingerprint density at radius 3 is 1.46 bits per heavy atom. The van der Waals surface area contributed by atoms with Gasteiger partial charge in [-0.2, -0.15) is 0 Å². The van der Waals surface area contributed by atoms with Gasteiger partial charge in [0.2, 0.25) is 0 Å². The first-order valence-electron chi connectivity index (χ1n) is 25.4. The van der Waals surface area contributed by atoms with Crippen LogP contribution in [0.15, 0.2) is 255 Å². The van der Waals surface area contributed by atoms with Crippen LogP contribution in [0.3, 0.4) is 0 Å². The molecular weight excluding hydrogens is 902 g/mol. The van der Waals surface area contributed by atoms with Crippen molar-refractivity contribution in [3.05, 3.63) is 255 Å². The predicted octanol–water partition coefficient (Wildman–Crippen LogP) is 13.1. The summed E-state index contributed by atoms with van der Waals surface area (Å²) in [6.07, 6.45) is 0. The monoisotopic (exact) mass is 944 g/mol. The normalized spacial score (nSPS) is 13.0. The van der Waals surface area contributed by atoms with Gasteiger partial charge in [-0.05, 0) is 112 Å². The predicted molar refractivity (Wildman–Crippen MR) is 307 cm³/mol. The van der Waals surface area contributed by atoms with Crippen molar-refractivity contribution in [2.45, 2.75) is 0 Å². The highest BCUT2D eigenvalue weighted by Crippen LogP contribution is 2.48. The third-order valence-electron chi connectivity index (χ3n) is 15.6. The average Bonchev–Trinajstić information content (AvgIpc) is 3.85. The first kappa shape index (κ1) is 41.0. The van der Waals surface area contributed by atoms with Crippen molar-refractivity contribution < 1.29 is 9.47 Å². The molecule has 0 bridgehead atoms. The van der Waals surface area contributed by atoms with E-state index in [1.165, 1.54) is 43.9 Å². The third kappa shape index (κ3) is 5.96. The van der Waals surface area contributed by atoms with Crippen molar-refractivity contribution >= 4 is 119 Å². The lowest BCUT2D eigenvalue weighted by molar-refractivity contribution is 0.465. The van der Waals surface area contributed by atoms with Gasteiger partial charge in [0.25, 0.3) is 13.4 Å². The largest absolute Gasteiger partial charge is 0.458 e. The molecule has 0 aliphatic carbocycles. The summed E-state index contributed by atoms with van der Waals surface area (Å²) in [4.78, 5) is 7.17. The number of nitrogens with zero attached hydrogens (tertiary/aromatic N) is 4. The average molecular weight is 945 g/mol. The maximum Gasteiger partial charge on any atom is 0.260 e. The molecule has 12 aromatic rings. The highest BCUT2D eigenvalue weighted by Gasteiger charge is 2.47. The van der Waals surface area contributed by atoms with E-state index in [-0.39, 0.29) is 13.4 Å². The fourth-order valence-electron chi connectivity index (χ4n) is 12.6. The Labute approximate surface area is 429 Å². The van der Waals surface area contributed by atoms with Crippen molar-refractivity contribution in [2.75, 3.05) is 14.7 Å². The van der Waals surface area contributed by atoms with Crippen LogP contribution in [-0.2, 0) is 0 Å². The van der Waals surface area contributed by atoms with E-state index in [0.717, 1.165) is 90.6 Å². The van der Waals surface area contributed by atoms with Gasteiger partial charge >= 0.3 is 0 Å². The molecule has 11 aromatic carbocycles. The number of hydrogen-bond donors (Lipinski definition) is 0. The smallest absolute Gasteiger partial charge is 0.260 e. The van der Waals surface area contributed by atoms with E-state index < -0.39 is 0 Å². The molecule has 0 amide bonds. The second kappa shape index (κ2) is 15.9. The van der Waals surface area contributed by atoms with Crippen molar-refractivity contribution in [2.24, 2.45) is 0 Å². The molecule has 344 valence electrons. The second-order valence-electron chi connectivity index (χ2n) is 19.6. The number of aromatic nitrogens is 1. The molecule has 0 unspecified atom stereocenters. The molecule has 0 saturated carbocycles. The summed E-state index contributed by atoms with van der Waals surface area (Å²) < 4.78 is 17.0. The molecule has 0 fully saturated rings. The minimum Gasteiger partial charge on any atom is -0.458 e. The van der Waals surface area contributed by atoms with Crippen molar-refractivity contribution in [1.29, 1.82) is 0 Å². The Hall–Kier alpha value is -9.65. The molecular formula is C66H42B2N4O2. The number of benzene rings is 11. The standard InChI is InChI=1S/C66H42B2N4O2/c1-6-21-43(22-7-1)69(44-23-8-2-9-24-44)48-37-58-64-59(38-48)72-56-35-18-16-31-50(56)51-32-20-34-53(66(51)72)68(64)54-41-55-61(42-57(54)71(58)47-29-14-5-15-30-47)74-63-40-49(39-62-65(63)67(55)52-33-17-19-36-60(52)73-62)70(45-25-10-3-11-26-45)46-27-12-4-13-28-46/h1-42H. The zero-order valence-electron chi connectivity index (χ0n) is 40.0. The van der Waals surface area contributed by atoms with Crippen LogP contribution in [0.4, 0.5) is 51.2 Å². The van der Waals surface area contributed by atoms with Crippen LogP contribution in [-0.4, -0.2) is 18.0 Å². The molecule has 6 nitrogen and oxygen atoms in total. The number of fused-ring (bicyclic) bond motifs is 11. The van der Waals surface area contributed by atoms with Gasteiger partial charge < -0.3 is 28.7 Å². The van der Waals surface area contributed by atoms with E-state index in [2.05, 4.69) is 274 Å². The number of anilines is 9. The molecule has 0 saturated heterocycles. The summed E-state index contributed by atoms with van der Waals surface area (Å²) >= 11 is 0. The second-order valence-corrected chi connectivity index (χ2v) is 19.6. The summed E-state index contributed by atoms with van der Waals surface area (Å²) in [5.74, 6) is 3.25. The number of rotatable bonds is 7. The van der Waals surface area contributed by atoms with Gasteiger partial charge in [0.15, 0.2) is 0 Å². The maximum atomic E-state index is 7.43. The van der Waals surface area contributed by atoms with Crippen molar-refractivity contribution in [3.63, 3.8) is 0 Å². The Morgan fingerprint density at radius 1 is 0.311 bits per heavy atom. The first-order valence-corrected chi connectivity index (χ1v) is 25.4. The van der Waals surface area contributed by atoms with E-state index in [1.807, 2.05) is 0 Å². The highest BCUT2D eigenvalue weighted by molar-refractivity contribution is 7.02. The van der Waals surface area contributed by atoms with Gasteiger partial charge in [-0.15, -0.1) is 0 Å². The lowest BCUT2D eigenvalue weighted by atomic mass is 9.31.